The molecule has 0 saturated carbocycles. The number of benzene rings is 4. The third-order valence-electron chi connectivity index (χ3n) is 8.63. The van der Waals surface area contributed by atoms with E-state index in [0.29, 0.717) is 0 Å². The van der Waals surface area contributed by atoms with Crippen molar-refractivity contribution < 1.29 is 0 Å². The van der Waals surface area contributed by atoms with Gasteiger partial charge in [-0.1, -0.05) is 48.5 Å². The van der Waals surface area contributed by atoms with Crippen molar-refractivity contribution in [2.24, 2.45) is 0 Å². The highest BCUT2D eigenvalue weighted by molar-refractivity contribution is 6.96. The fourth-order valence-corrected chi connectivity index (χ4v) is 12.3. The molecule has 0 atom stereocenters. The van der Waals surface area contributed by atoms with Crippen molar-refractivity contribution in [2.75, 3.05) is 18.3 Å². The molecule has 0 aromatic heterocycles. The zero-order valence-corrected chi connectivity index (χ0v) is 26.5. The molecule has 4 nitrogen and oxygen atoms in total. The average Bonchev–Trinajstić information content (AvgIpc) is 3.29. The molecule has 4 aromatic rings. The van der Waals surface area contributed by atoms with Gasteiger partial charge in [0.25, 0.3) is 0 Å². The quantitative estimate of drug-likeness (QED) is 0.232. The lowest BCUT2D eigenvalue weighted by Crippen LogP contribution is -2.78. The van der Waals surface area contributed by atoms with Crippen LogP contribution in [-0.2, 0) is 0 Å². The monoisotopic (exact) mass is 556 g/mol. The molecule has 0 unspecified atom stereocenters. The molecule has 0 N–H and O–H groups in total. The number of hydrogen-bond acceptors (Lipinski definition) is 4. The van der Waals surface area contributed by atoms with E-state index >= 15 is 0 Å². The van der Waals surface area contributed by atoms with Crippen LogP contribution in [0.15, 0.2) is 120 Å². The van der Waals surface area contributed by atoms with Crippen LogP contribution in [0.3, 0.4) is 0 Å². The first kappa shape index (κ1) is 27.0. The van der Waals surface area contributed by atoms with Crippen molar-refractivity contribution >= 4 is 31.5 Å². The highest BCUT2D eigenvalue weighted by Gasteiger charge is 2.68. The predicted molar refractivity (Wildman–Crippen MR) is 177 cm³/mol. The fraction of sp³-hybridized carbons (Fsp3) is 0.222. The number of nitrogens with zero attached hydrogens (tertiary/aromatic N) is 4. The molecule has 0 bridgehead atoms. The molecule has 2 aliphatic rings. The Hall–Kier alpha value is -4.22. The van der Waals surface area contributed by atoms with Gasteiger partial charge in [-0.15, -0.1) is 0 Å². The first-order chi connectivity index (χ1) is 19.6. The molecule has 0 saturated heterocycles. The van der Waals surface area contributed by atoms with Crippen LogP contribution >= 0.6 is 0 Å². The second kappa shape index (κ2) is 10.0. The van der Waals surface area contributed by atoms with Gasteiger partial charge in [0, 0.05) is 45.5 Å². The third kappa shape index (κ3) is 4.10. The lowest BCUT2D eigenvalue weighted by molar-refractivity contribution is 1.10. The first-order valence-corrected chi connectivity index (χ1v) is 16.3. The summed E-state index contributed by atoms with van der Waals surface area (Å²) < 4.78 is 10.7. The number of anilines is 4. The fourth-order valence-electron chi connectivity index (χ4n) is 6.68. The topological polar surface area (TPSA) is 13.0 Å². The Morgan fingerprint density at radius 2 is 0.561 bits per heavy atom. The molecule has 2 heterocycles. The van der Waals surface area contributed by atoms with Crippen LogP contribution in [0.25, 0.3) is 0 Å². The summed E-state index contributed by atoms with van der Waals surface area (Å²) in [7, 11) is -3.11. The van der Waals surface area contributed by atoms with Crippen LogP contribution in [0.2, 0.25) is 0 Å². The number of aryl methyl sites for hydroxylation is 4. The molecule has 41 heavy (non-hydrogen) atoms. The maximum atomic E-state index is 2.68. The minimum Gasteiger partial charge on any atom is -0.318 e. The molecular weight excluding hydrogens is 517 g/mol. The molecule has 0 aliphatic carbocycles. The van der Waals surface area contributed by atoms with Crippen molar-refractivity contribution in [3.8, 4) is 0 Å². The summed E-state index contributed by atoms with van der Waals surface area (Å²) >= 11 is 0. The number of allylic oxidation sites excluding steroid dienone is 4. The zero-order valence-electron chi connectivity index (χ0n) is 25.5. The lowest BCUT2D eigenvalue weighted by atomic mass is 10.2. The van der Waals surface area contributed by atoms with Crippen LogP contribution < -0.4 is 18.3 Å². The van der Waals surface area contributed by atoms with Crippen molar-refractivity contribution in [1.29, 1.82) is 0 Å². The largest absolute Gasteiger partial charge is 0.520 e. The first-order valence-electron chi connectivity index (χ1n) is 14.5. The van der Waals surface area contributed by atoms with Crippen LogP contribution in [0, 0.1) is 27.7 Å². The maximum Gasteiger partial charge on any atom is 0.520 e. The van der Waals surface area contributed by atoms with Gasteiger partial charge in [0.05, 0.1) is 0 Å². The smallest absolute Gasteiger partial charge is 0.318 e. The van der Waals surface area contributed by atoms with Crippen LogP contribution in [0.5, 0.6) is 0 Å². The summed E-state index contributed by atoms with van der Waals surface area (Å²) in [6.45, 7) is 18.0. The van der Waals surface area contributed by atoms with E-state index in [1.54, 1.807) is 0 Å². The Kier molecular flexibility index (Phi) is 6.58. The number of rotatable bonds is 4. The maximum absolute atomic E-state index is 3.11. The molecule has 0 radical (unpaired) electrons. The molecule has 0 amide bonds. The molecule has 2 aliphatic heterocycles. The van der Waals surface area contributed by atoms with E-state index in [1.807, 2.05) is 0 Å². The average molecular weight is 557 g/mol. The van der Waals surface area contributed by atoms with E-state index in [0.717, 1.165) is 0 Å². The van der Waals surface area contributed by atoms with Crippen molar-refractivity contribution in [2.45, 2.75) is 55.4 Å². The zero-order chi connectivity index (χ0) is 29.1. The van der Waals surface area contributed by atoms with Gasteiger partial charge in [-0.3, -0.25) is 0 Å². The van der Waals surface area contributed by atoms with Crippen molar-refractivity contribution in [3.05, 3.63) is 142 Å². The van der Waals surface area contributed by atoms with E-state index in [4.69, 9.17) is 0 Å². The second-order valence-electron chi connectivity index (χ2n) is 11.6. The molecule has 4 aromatic carbocycles. The SMILES string of the molecule is CC1=C(C)N(c2cccc(C)c2)[Si]2(N1c1cccc(C)c1)N(c1cccc(C)c1)C(C)=C(C)N2c1cccc(C)c1. The number of hydrogen-bond donors (Lipinski definition) is 0. The summed E-state index contributed by atoms with van der Waals surface area (Å²) in [5.41, 5.74) is 15.0. The Morgan fingerprint density at radius 1 is 0.341 bits per heavy atom. The summed E-state index contributed by atoms with van der Waals surface area (Å²) in [6, 6.07) is 36.1. The Labute approximate surface area is 246 Å². The third-order valence-corrected chi connectivity index (χ3v) is 13.4. The molecule has 6 rings (SSSR count). The summed E-state index contributed by atoms with van der Waals surface area (Å²) in [5, 5.41) is 0. The van der Waals surface area contributed by atoms with Gasteiger partial charge in [-0.25, -0.2) is 0 Å². The Bertz CT molecular complexity index is 1460. The van der Waals surface area contributed by atoms with Gasteiger partial charge >= 0.3 is 8.72 Å². The van der Waals surface area contributed by atoms with Gasteiger partial charge in [0.2, 0.25) is 0 Å². The van der Waals surface area contributed by atoms with Crippen molar-refractivity contribution in [3.63, 3.8) is 0 Å². The highest BCUT2D eigenvalue weighted by Crippen LogP contribution is 2.53. The van der Waals surface area contributed by atoms with Gasteiger partial charge in [0.15, 0.2) is 0 Å². The van der Waals surface area contributed by atoms with E-state index in [2.05, 4.69) is 171 Å². The van der Waals surface area contributed by atoms with Gasteiger partial charge < -0.3 is 18.3 Å². The Balaban J connectivity index is 1.77. The van der Waals surface area contributed by atoms with Crippen LogP contribution in [-0.4, -0.2) is 8.72 Å². The van der Waals surface area contributed by atoms with E-state index in [1.165, 1.54) is 67.8 Å². The van der Waals surface area contributed by atoms with Crippen LogP contribution in [0.1, 0.15) is 49.9 Å². The van der Waals surface area contributed by atoms with Crippen LogP contribution in [0.4, 0.5) is 22.7 Å². The highest BCUT2D eigenvalue weighted by atomic mass is 28.4. The molecule has 208 valence electrons. The molecule has 0 fully saturated rings. The molecule has 5 heteroatoms. The molecular formula is C36H40N4Si. The minimum atomic E-state index is -3.11. The normalized spacial score (nSPS) is 16.6. The van der Waals surface area contributed by atoms with Gasteiger partial charge in [0.1, 0.15) is 0 Å². The van der Waals surface area contributed by atoms with E-state index < -0.39 is 8.72 Å². The standard InChI is InChI=1S/C36H40N4Si/c1-25-13-9-17-33(21-25)37-29(5)30(6)38(34-18-10-14-26(2)22-34)41(37)39(35-19-11-15-27(3)23-35)31(7)32(8)40(41)36-20-12-16-28(4)24-36/h9-24H,1-8H3. The minimum absolute atomic E-state index is 1.22. The summed E-state index contributed by atoms with van der Waals surface area (Å²) in [4.78, 5) is 0. The molecule has 1 spiro atoms. The van der Waals surface area contributed by atoms with Gasteiger partial charge in [-0.05, 0) is 126 Å². The lowest BCUT2D eigenvalue weighted by Gasteiger charge is -2.51. The summed E-state index contributed by atoms with van der Waals surface area (Å²) in [6.07, 6.45) is 0. The van der Waals surface area contributed by atoms with Gasteiger partial charge in [-0.2, -0.15) is 0 Å². The second-order valence-corrected chi connectivity index (χ2v) is 14.6. The van der Waals surface area contributed by atoms with E-state index in [-0.39, 0.29) is 0 Å². The Morgan fingerprint density at radius 3 is 0.756 bits per heavy atom. The van der Waals surface area contributed by atoms with Crippen molar-refractivity contribution in [1.82, 2.24) is 0 Å². The summed E-state index contributed by atoms with van der Waals surface area (Å²) in [5.74, 6) is 0. The van der Waals surface area contributed by atoms with E-state index in [9.17, 15) is 0 Å². The predicted octanol–water partition coefficient (Wildman–Crippen LogP) is 9.21.